The highest BCUT2D eigenvalue weighted by molar-refractivity contribution is 5.70. The van der Waals surface area contributed by atoms with Crippen molar-refractivity contribution in [2.45, 2.75) is 25.4 Å². The molecule has 0 aromatic heterocycles. The van der Waals surface area contributed by atoms with Gasteiger partial charge < -0.3 is 4.74 Å². The van der Waals surface area contributed by atoms with Crippen molar-refractivity contribution in [1.29, 1.82) is 0 Å². The number of ether oxygens (including phenoxy) is 1. The first kappa shape index (κ1) is 13.7. The zero-order valence-corrected chi connectivity index (χ0v) is 12.1. The van der Waals surface area contributed by atoms with Gasteiger partial charge in [-0.3, -0.25) is 4.90 Å². The zero-order chi connectivity index (χ0) is 14.7. The number of amides is 1. The maximum Gasteiger partial charge on any atom is 0.410 e. The van der Waals surface area contributed by atoms with Gasteiger partial charge in [-0.1, -0.05) is 67.6 Å². The van der Waals surface area contributed by atoms with E-state index in [1.54, 1.807) is 0 Å². The van der Waals surface area contributed by atoms with Crippen molar-refractivity contribution in [3.8, 4) is 0 Å². The third kappa shape index (κ3) is 2.92. The van der Waals surface area contributed by atoms with Gasteiger partial charge in [-0.15, -0.1) is 0 Å². The van der Waals surface area contributed by atoms with Gasteiger partial charge in [0.1, 0.15) is 6.61 Å². The molecule has 1 amide bonds. The molecule has 0 spiro atoms. The summed E-state index contributed by atoms with van der Waals surface area (Å²) in [5.41, 5.74) is 2.36. The molecule has 1 fully saturated rings. The molecule has 0 N–H and O–H groups in total. The van der Waals surface area contributed by atoms with Gasteiger partial charge in [-0.2, -0.15) is 0 Å². The van der Waals surface area contributed by atoms with Crippen LogP contribution in [0.25, 0.3) is 0 Å². The van der Waals surface area contributed by atoms with E-state index in [1.807, 2.05) is 53.4 Å². The van der Waals surface area contributed by atoms with E-state index in [0.29, 0.717) is 13.2 Å². The minimum Gasteiger partial charge on any atom is -0.447 e. The standard InChI is InChI=1S/C18H19NO2/c1-14(16-10-6-3-7-11-16)17-13-21-18(20)19(17)12-15-8-4-2-5-9-15/h2-11,14,17H,12-13H2,1H3. The predicted octanol–water partition coefficient (Wildman–Crippen LogP) is 3.81. The Labute approximate surface area is 125 Å². The Kier molecular flexibility index (Phi) is 3.91. The summed E-state index contributed by atoms with van der Waals surface area (Å²) in [7, 11) is 0. The predicted molar refractivity (Wildman–Crippen MR) is 82.0 cm³/mol. The molecule has 1 heterocycles. The number of carbonyl (C=O) groups is 1. The molecule has 2 atom stereocenters. The van der Waals surface area contributed by atoms with E-state index < -0.39 is 0 Å². The Hall–Kier alpha value is -2.29. The fourth-order valence-corrected chi connectivity index (χ4v) is 2.82. The van der Waals surface area contributed by atoms with Gasteiger partial charge >= 0.3 is 6.09 Å². The van der Waals surface area contributed by atoms with Crippen molar-refractivity contribution in [3.63, 3.8) is 0 Å². The van der Waals surface area contributed by atoms with E-state index in [1.165, 1.54) is 5.56 Å². The number of hydrogen-bond acceptors (Lipinski definition) is 2. The Morgan fingerprint density at radius 3 is 2.38 bits per heavy atom. The normalized spacial score (nSPS) is 19.4. The quantitative estimate of drug-likeness (QED) is 0.853. The average molecular weight is 281 g/mol. The SMILES string of the molecule is CC(c1ccccc1)C1COC(=O)N1Cc1ccccc1. The van der Waals surface area contributed by atoms with Crippen LogP contribution < -0.4 is 0 Å². The number of nitrogens with zero attached hydrogens (tertiary/aromatic N) is 1. The molecule has 3 nitrogen and oxygen atoms in total. The number of carbonyl (C=O) groups excluding carboxylic acids is 1. The van der Waals surface area contributed by atoms with Gasteiger partial charge in [0, 0.05) is 12.5 Å². The van der Waals surface area contributed by atoms with Crippen LogP contribution in [-0.4, -0.2) is 23.6 Å². The van der Waals surface area contributed by atoms with E-state index in [-0.39, 0.29) is 18.1 Å². The third-order valence-corrected chi connectivity index (χ3v) is 4.11. The lowest BCUT2D eigenvalue weighted by Gasteiger charge is -2.27. The third-order valence-electron chi connectivity index (χ3n) is 4.11. The molecule has 1 aliphatic heterocycles. The minimum atomic E-state index is -0.216. The second-order valence-corrected chi connectivity index (χ2v) is 5.46. The Morgan fingerprint density at radius 1 is 1.10 bits per heavy atom. The Bertz CT molecular complexity index is 597. The van der Waals surface area contributed by atoms with Crippen LogP contribution in [-0.2, 0) is 11.3 Å². The summed E-state index contributed by atoms with van der Waals surface area (Å²) in [5.74, 6) is 0.251. The van der Waals surface area contributed by atoms with E-state index in [2.05, 4.69) is 19.1 Å². The van der Waals surface area contributed by atoms with E-state index in [4.69, 9.17) is 4.74 Å². The molecule has 0 saturated carbocycles. The summed E-state index contributed by atoms with van der Waals surface area (Å²) in [6.45, 7) is 3.21. The highest BCUT2D eigenvalue weighted by Crippen LogP contribution is 2.29. The molecule has 1 saturated heterocycles. The molecule has 0 bridgehead atoms. The van der Waals surface area contributed by atoms with E-state index >= 15 is 0 Å². The van der Waals surface area contributed by atoms with Crippen molar-refractivity contribution in [2.75, 3.05) is 6.61 Å². The van der Waals surface area contributed by atoms with Gasteiger partial charge in [0.05, 0.1) is 6.04 Å². The van der Waals surface area contributed by atoms with Gasteiger partial charge in [0.25, 0.3) is 0 Å². The molecule has 108 valence electrons. The molecular weight excluding hydrogens is 262 g/mol. The van der Waals surface area contributed by atoms with Crippen LogP contribution in [0.4, 0.5) is 4.79 Å². The van der Waals surface area contributed by atoms with E-state index in [0.717, 1.165) is 5.56 Å². The summed E-state index contributed by atoms with van der Waals surface area (Å²) in [5, 5.41) is 0. The molecular formula is C18H19NO2. The highest BCUT2D eigenvalue weighted by Gasteiger charge is 2.36. The van der Waals surface area contributed by atoms with Gasteiger partial charge in [0.15, 0.2) is 0 Å². The molecule has 2 unspecified atom stereocenters. The second-order valence-electron chi connectivity index (χ2n) is 5.46. The summed E-state index contributed by atoms with van der Waals surface area (Å²) >= 11 is 0. The van der Waals surface area contributed by atoms with Crippen LogP contribution in [0.3, 0.4) is 0 Å². The van der Waals surface area contributed by atoms with Crippen molar-refractivity contribution >= 4 is 6.09 Å². The number of rotatable bonds is 4. The maximum absolute atomic E-state index is 12.0. The van der Waals surface area contributed by atoms with Crippen LogP contribution in [0, 0.1) is 0 Å². The van der Waals surface area contributed by atoms with Crippen molar-refractivity contribution < 1.29 is 9.53 Å². The molecule has 2 aromatic rings. The first-order chi connectivity index (χ1) is 10.3. The first-order valence-corrected chi connectivity index (χ1v) is 7.28. The summed E-state index contributed by atoms with van der Waals surface area (Å²) < 4.78 is 5.28. The molecule has 0 aliphatic carbocycles. The van der Waals surface area contributed by atoms with E-state index in [9.17, 15) is 4.79 Å². The van der Waals surface area contributed by atoms with Crippen LogP contribution in [0.1, 0.15) is 24.0 Å². The number of cyclic esters (lactones) is 1. The molecule has 21 heavy (non-hydrogen) atoms. The highest BCUT2D eigenvalue weighted by atomic mass is 16.6. The average Bonchev–Trinajstić information content (AvgIpc) is 2.90. The van der Waals surface area contributed by atoms with Crippen LogP contribution >= 0.6 is 0 Å². The van der Waals surface area contributed by atoms with Crippen molar-refractivity contribution in [2.24, 2.45) is 0 Å². The lowest BCUT2D eigenvalue weighted by atomic mass is 9.93. The van der Waals surface area contributed by atoms with Gasteiger partial charge in [-0.05, 0) is 11.1 Å². The van der Waals surface area contributed by atoms with Crippen LogP contribution in [0.15, 0.2) is 60.7 Å². The molecule has 1 aliphatic rings. The summed E-state index contributed by atoms with van der Waals surface area (Å²) in [4.78, 5) is 13.9. The van der Waals surface area contributed by atoms with Crippen LogP contribution in [0.5, 0.6) is 0 Å². The minimum absolute atomic E-state index is 0.0834. The first-order valence-electron chi connectivity index (χ1n) is 7.28. The topological polar surface area (TPSA) is 29.5 Å². The molecule has 3 heteroatoms. The lowest BCUT2D eigenvalue weighted by molar-refractivity contribution is 0.155. The lowest BCUT2D eigenvalue weighted by Crippen LogP contribution is -2.36. The maximum atomic E-state index is 12.0. The largest absolute Gasteiger partial charge is 0.447 e. The summed E-state index contributed by atoms with van der Waals surface area (Å²) in [6, 6.07) is 20.4. The summed E-state index contributed by atoms with van der Waals surface area (Å²) in [6.07, 6.45) is -0.216. The monoisotopic (exact) mass is 281 g/mol. The van der Waals surface area contributed by atoms with Crippen molar-refractivity contribution in [3.05, 3.63) is 71.8 Å². The number of benzene rings is 2. The Balaban J connectivity index is 1.79. The van der Waals surface area contributed by atoms with Crippen LogP contribution in [0.2, 0.25) is 0 Å². The fourth-order valence-electron chi connectivity index (χ4n) is 2.82. The smallest absolute Gasteiger partial charge is 0.410 e. The van der Waals surface area contributed by atoms with Gasteiger partial charge in [-0.25, -0.2) is 4.79 Å². The second kappa shape index (κ2) is 6.00. The molecule has 3 rings (SSSR count). The fraction of sp³-hybridized carbons (Fsp3) is 0.278. The Morgan fingerprint density at radius 2 is 1.71 bits per heavy atom. The molecule has 0 radical (unpaired) electrons. The van der Waals surface area contributed by atoms with Gasteiger partial charge in [0.2, 0.25) is 0 Å². The van der Waals surface area contributed by atoms with Crippen molar-refractivity contribution in [1.82, 2.24) is 4.90 Å². The number of hydrogen-bond donors (Lipinski definition) is 0. The molecule has 2 aromatic carbocycles. The zero-order valence-electron chi connectivity index (χ0n) is 12.1.